The van der Waals surface area contributed by atoms with E-state index in [4.69, 9.17) is 0 Å². The maximum atomic E-state index is 11.9. The molecule has 2 amide bonds. The van der Waals surface area contributed by atoms with Crippen molar-refractivity contribution in [3.63, 3.8) is 0 Å². The molecule has 5 heteroatoms. The number of nitrogens with one attached hydrogen (secondary N) is 2. The third-order valence-electron chi connectivity index (χ3n) is 4.23. The van der Waals surface area contributed by atoms with Crippen molar-refractivity contribution in [2.45, 2.75) is 39.2 Å². The number of hydrogen-bond acceptors (Lipinski definition) is 3. The molecule has 120 valence electrons. The highest BCUT2D eigenvalue weighted by molar-refractivity contribution is 6.39. The molecule has 22 heavy (non-hydrogen) atoms. The Labute approximate surface area is 132 Å². The van der Waals surface area contributed by atoms with Gasteiger partial charge < -0.3 is 10.6 Å². The van der Waals surface area contributed by atoms with Crippen LogP contribution in [0, 0.1) is 0 Å². The van der Waals surface area contributed by atoms with Crippen molar-refractivity contribution in [1.82, 2.24) is 10.2 Å². The second-order valence-electron chi connectivity index (χ2n) is 5.64. The lowest BCUT2D eigenvalue weighted by Crippen LogP contribution is -2.43. The van der Waals surface area contributed by atoms with Crippen molar-refractivity contribution in [3.05, 3.63) is 29.8 Å². The molecule has 0 radical (unpaired) electrons. The van der Waals surface area contributed by atoms with Crippen molar-refractivity contribution < 1.29 is 9.59 Å². The number of anilines is 1. The van der Waals surface area contributed by atoms with Crippen LogP contribution in [0.25, 0.3) is 0 Å². The maximum Gasteiger partial charge on any atom is 0.313 e. The Bertz CT molecular complexity index is 513. The van der Waals surface area contributed by atoms with Gasteiger partial charge in [0, 0.05) is 18.3 Å². The first-order chi connectivity index (χ1) is 10.6. The van der Waals surface area contributed by atoms with Crippen LogP contribution >= 0.6 is 0 Å². The van der Waals surface area contributed by atoms with E-state index < -0.39 is 11.8 Å². The number of benzene rings is 1. The molecule has 0 bridgehead atoms. The van der Waals surface area contributed by atoms with Crippen LogP contribution in [-0.2, 0) is 16.0 Å². The fourth-order valence-corrected chi connectivity index (χ4v) is 2.85. The molecule has 1 aromatic carbocycles. The van der Waals surface area contributed by atoms with E-state index in [1.54, 1.807) is 0 Å². The quantitative estimate of drug-likeness (QED) is 0.815. The number of carbonyl (C=O) groups is 2. The summed E-state index contributed by atoms with van der Waals surface area (Å²) < 4.78 is 0. The van der Waals surface area contributed by atoms with Crippen LogP contribution in [0.15, 0.2) is 24.3 Å². The number of nitrogens with zero attached hydrogens (tertiary/aromatic N) is 1. The van der Waals surface area contributed by atoms with E-state index in [9.17, 15) is 9.59 Å². The Morgan fingerprint density at radius 3 is 2.55 bits per heavy atom. The molecule has 0 aromatic heterocycles. The predicted octanol–water partition coefficient (Wildman–Crippen LogP) is 1.79. The summed E-state index contributed by atoms with van der Waals surface area (Å²) in [5.41, 5.74) is 1.84. The number of carbonyl (C=O) groups excluding carboxylic acids is 2. The molecule has 1 atom stereocenters. The van der Waals surface area contributed by atoms with Crippen molar-refractivity contribution >= 4 is 17.5 Å². The van der Waals surface area contributed by atoms with E-state index in [1.165, 1.54) is 5.56 Å². The predicted molar refractivity (Wildman–Crippen MR) is 87.7 cm³/mol. The summed E-state index contributed by atoms with van der Waals surface area (Å²) >= 11 is 0. The lowest BCUT2D eigenvalue weighted by Gasteiger charge is -2.22. The molecule has 1 fully saturated rings. The molecule has 1 aromatic rings. The minimum atomic E-state index is -0.606. The van der Waals surface area contributed by atoms with Crippen molar-refractivity contribution in [1.29, 1.82) is 0 Å². The molecule has 1 aliphatic heterocycles. The van der Waals surface area contributed by atoms with Gasteiger partial charge in [-0.05, 0) is 50.0 Å². The summed E-state index contributed by atoms with van der Waals surface area (Å²) in [4.78, 5) is 26.1. The number of hydrogen-bond donors (Lipinski definition) is 2. The van der Waals surface area contributed by atoms with E-state index >= 15 is 0 Å². The van der Waals surface area contributed by atoms with Gasteiger partial charge in [0.25, 0.3) is 0 Å². The van der Waals surface area contributed by atoms with Crippen LogP contribution in [0.5, 0.6) is 0 Å². The summed E-state index contributed by atoms with van der Waals surface area (Å²) in [6.45, 7) is 6.79. The average molecular weight is 303 g/mol. The van der Waals surface area contributed by atoms with Crippen LogP contribution in [0.1, 0.15) is 32.3 Å². The second-order valence-corrected chi connectivity index (χ2v) is 5.64. The number of likely N-dealkylation sites (tertiary alicyclic amines) is 1. The molecule has 1 aliphatic rings. The minimum absolute atomic E-state index is 0.352. The summed E-state index contributed by atoms with van der Waals surface area (Å²) in [6.07, 6.45) is 3.18. The van der Waals surface area contributed by atoms with Crippen molar-refractivity contribution in [3.8, 4) is 0 Å². The Balaban J connectivity index is 1.80. The van der Waals surface area contributed by atoms with Gasteiger partial charge in [-0.25, -0.2) is 0 Å². The highest BCUT2D eigenvalue weighted by Gasteiger charge is 2.24. The summed E-state index contributed by atoms with van der Waals surface area (Å²) in [5, 5.41) is 5.37. The first kappa shape index (κ1) is 16.5. The topological polar surface area (TPSA) is 61.4 Å². The van der Waals surface area contributed by atoms with Gasteiger partial charge in [0.15, 0.2) is 0 Å². The summed E-state index contributed by atoms with van der Waals surface area (Å²) in [6, 6.07) is 7.89. The second kappa shape index (κ2) is 7.94. The molecule has 5 nitrogen and oxygen atoms in total. The standard InChI is InChI=1S/C17H25N3O2/c1-3-13-7-9-14(10-8-13)19-17(22)16(21)18-12-15-6-5-11-20(15)4-2/h7-10,15H,3-6,11-12H2,1-2H3,(H,18,21)(H,19,22)/t15-/m0/s1. The Morgan fingerprint density at radius 1 is 1.18 bits per heavy atom. The van der Waals surface area contributed by atoms with Crippen LogP contribution in [0.2, 0.25) is 0 Å². The zero-order valence-corrected chi connectivity index (χ0v) is 13.4. The van der Waals surface area contributed by atoms with Crippen LogP contribution in [0.4, 0.5) is 5.69 Å². The molecule has 0 spiro atoms. The maximum absolute atomic E-state index is 11.9. The van der Waals surface area contributed by atoms with E-state index in [0.29, 0.717) is 18.3 Å². The van der Waals surface area contributed by atoms with Gasteiger partial charge in [0.1, 0.15) is 0 Å². The smallest absolute Gasteiger partial charge is 0.313 e. The molecular formula is C17H25N3O2. The van der Waals surface area contributed by atoms with E-state index in [1.807, 2.05) is 24.3 Å². The fourth-order valence-electron chi connectivity index (χ4n) is 2.85. The van der Waals surface area contributed by atoms with E-state index in [0.717, 1.165) is 32.4 Å². The fraction of sp³-hybridized carbons (Fsp3) is 0.529. The lowest BCUT2D eigenvalue weighted by molar-refractivity contribution is -0.136. The van der Waals surface area contributed by atoms with Gasteiger partial charge in [-0.2, -0.15) is 0 Å². The molecule has 0 aliphatic carbocycles. The van der Waals surface area contributed by atoms with Gasteiger partial charge in [0.2, 0.25) is 0 Å². The van der Waals surface area contributed by atoms with Gasteiger partial charge in [-0.3, -0.25) is 14.5 Å². The number of aryl methyl sites for hydroxylation is 1. The van der Waals surface area contributed by atoms with Crippen LogP contribution < -0.4 is 10.6 Å². The van der Waals surface area contributed by atoms with Gasteiger partial charge in [0.05, 0.1) is 0 Å². The molecular weight excluding hydrogens is 278 g/mol. The summed E-state index contributed by atoms with van der Waals surface area (Å²) in [7, 11) is 0. The lowest BCUT2D eigenvalue weighted by atomic mass is 10.1. The van der Waals surface area contributed by atoms with E-state index in [-0.39, 0.29) is 0 Å². The van der Waals surface area contributed by atoms with Gasteiger partial charge in [-0.1, -0.05) is 26.0 Å². The molecule has 0 unspecified atom stereocenters. The largest absolute Gasteiger partial charge is 0.346 e. The van der Waals surface area contributed by atoms with Gasteiger partial charge >= 0.3 is 11.8 Å². The first-order valence-electron chi connectivity index (χ1n) is 8.06. The molecule has 2 N–H and O–H groups in total. The molecule has 1 saturated heterocycles. The Hall–Kier alpha value is -1.88. The zero-order valence-electron chi connectivity index (χ0n) is 13.4. The highest BCUT2D eigenvalue weighted by atomic mass is 16.2. The van der Waals surface area contributed by atoms with Crippen LogP contribution in [0.3, 0.4) is 0 Å². The normalized spacial score (nSPS) is 18.2. The first-order valence-corrected chi connectivity index (χ1v) is 8.06. The molecule has 1 heterocycles. The highest BCUT2D eigenvalue weighted by Crippen LogP contribution is 2.15. The Kier molecular flexibility index (Phi) is 5.95. The summed E-state index contributed by atoms with van der Waals surface area (Å²) in [5.74, 6) is -1.17. The van der Waals surface area contributed by atoms with E-state index in [2.05, 4.69) is 29.4 Å². The van der Waals surface area contributed by atoms with Crippen molar-refractivity contribution in [2.24, 2.45) is 0 Å². The average Bonchev–Trinajstić information content (AvgIpc) is 3.00. The SMILES string of the molecule is CCc1ccc(NC(=O)C(=O)NC[C@@H]2CCCN2CC)cc1. The minimum Gasteiger partial charge on any atom is -0.346 e. The molecule has 0 saturated carbocycles. The van der Waals surface area contributed by atoms with Gasteiger partial charge in [-0.15, -0.1) is 0 Å². The number of rotatable bonds is 5. The Morgan fingerprint density at radius 2 is 1.91 bits per heavy atom. The third kappa shape index (κ3) is 4.31. The van der Waals surface area contributed by atoms with Crippen LogP contribution in [-0.4, -0.2) is 42.4 Å². The zero-order chi connectivity index (χ0) is 15.9. The number of likely N-dealkylation sites (N-methyl/N-ethyl adjacent to an activating group) is 1. The molecule has 2 rings (SSSR count). The monoisotopic (exact) mass is 303 g/mol. The number of amides is 2. The third-order valence-corrected chi connectivity index (χ3v) is 4.23. The van der Waals surface area contributed by atoms with Crippen molar-refractivity contribution in [2.75, 3.05) is 25.0 Å².